The highest BCUT2D eigenvalue weighted by Gasteiger charge is 2.23. The van der Waals surface area contributed by atoms with Crippen LogP contribution in [-0.4, -0.2) is 26.8 Å². The van der Waals surface area contributed by atoms with Crippen LogP contribution in [0.4, 0.5) is 10.5 Å². The number of sulfonamides is 1. The van der Waals surface area contributed by atoms with Crippen LogP contribution in [0.25, 0.3) is 0 Å². The molecule has 0 aromatic heterocycles. The molecule has 0 saturated carbocycles. The Morgan fingerprint density at radius 1 is 1.39 bits per heavy atom. The van der Waals surface area contributed by atoms with Crippen LogP contribution in [0.2, 0.25) is 0 Å². The van der Waals surface area contributed by atoms with E-state index < -0.39 is 16.1 Å². The number of rotatable bonds is 4. The van der Waals surface area contributed by atoms with Gasteiger partial charge in [0.05, 0.1) is 12.3 Å². The molecule has 6 nitrogen and oxygen atoms in total. The first-order valence-electron chi connectivity index (χ1n) is 5.55. The number of anilines is 1. The van der Waals surface area contributed by atoms with Gasteiger partial charge in [0.1, 0.15) is 6.10 Å². The van der Waals surface area contributed by atoms with Crippen LogP contribution in [0.5, 0.6) is 0 Å². The molecule has 1 fully saturated rings. The van der Waals surface area contributed by atoms with E-state index >= 15 is 0 Å². The van der Waals surface area contributed by atoms with E-state index in [2.05, 4.69) is 10.0 Å². The van der Waals surface area contributed by atoms with Crippen molar-refractivity contribution in [2.24, 2.45) is 0 Å². The number of nitrogens with one attached hydrogen (secondary N) is 2. The molecule has 2 N–H and O–H groups in total. The summed E-state index contributed by atoms with van der Waals surface area (Å²) in [5, 5.41) is 2.56. The van der Waals surface area contributed by atoms with Gasteiger partial charge < -0.3 is 10.1 Å². The summed E-state index contributed by atoms with van der Waals surface area (Å²) in [5.74, 6) is 0.0267. The zero-order chi connectivity index (χ0) is 13.2. The molecule has 1 unspecified atom stereocenters. The summed E-state index contributed by atoms with van der Waals surface area (Å²) in [6.45, 7) is 2.00. The van der Waals surface area contributed by atoms with Gasteiger partial charge in [-0.3, -0.25) is 4.72 Å². The number of alkyl carbamates (subject to hydrolysis) is 1. The van der Waals surface area contributed by atoms with E-state index in [1.165, 1.54) is 0 Å². The van der Waals surface area contributed by atoms with Crippen molar-refractivity contribution < 1.29 is 17.9 Å². The maximum absolute atomic E-state index is 11.4. The van der Waals surface area contributed by atoms with Gasteiger partial charge in [0.15, 0.2) is 0 Å². The first-order valence-corrected chi connectivity index (χ1v) is 7.20. The molecule has 0 spiro atoms. The number of cyclic esters (lactones) is 1. The largest absolute Gasteiger partial charge is 0.439 e. The number of carbonyl (C=O) groups excluding carboxylic acids is 1. The highest BCUT2D eigenvalue weighted by atomic mass is 32.2. The van der Waals surface area contributed by atoms with Crippen LogP contribution in [0.1, 0.15) is 18.6 Å². The van der Waals surface area contributed by atoms with Gasteiger partial charge in [0.25, 0.3) is 0 Å². The topological polar surface area (TPSA) is 84.5 Å². The number of carbonyl (C=O) groups is 1. The van der Waals surface area contributed by atoms with Gasteiger partial charge in [-0.15, -0.1) is 0 Å². The SMILES string of the molecule is CCS(=O)(=O)Nc1ccc(C2CNC(=O)O2)cc1. The fourth-order valence-electron chi connectivity index (χ4n) is 1.59. The van der Waals surface area contributed by atoms with E-state index in [0.29, 0.717) is 12.2 Å². The molecule has 1 aromatic rings. The molecule has 1 saturated heterocycles. The molecule has 2 rings (SSSR count). The summed E-state index contributed by atoms with van der Waals surface area (Å²) < 4.78 is 30.2. The third kappa shape index (κ3) is 2.92. The van der Waals surface area contributed by atoms with Crippen molar-refractivity contribution in [3.63, 3.8) is 0 Å². The normalized spacial score (nSPS) is 19.2. The molecule has 1 aliphatic rings. The van der Waals surface area contributed by atoms with Gasteiger partial charge in [0.2, 0.25) is 10.0 Å². The Labute approximate surface area is 105 Å². The summed E-state index contributed by atoms with van der Waals surface area (Å²) in [6.07, 6.45) is -0.745. The molecule has 1 aromatic carbocycles. The minimum atomic E-state index is -3.26. The van der Waals surface area contributed by atoms with Crippen molar-refractivity contribution in [2.75, 3.05) is 17.0 Å². The van der Waals surface area contributed by atoms with Crippen molar-refractivity contribution >= 4 is 21.8 Å². The Kier molecular flexibility index (Phi) is 3.42. The lowest BCUT2D eigenvalue weighted by Crippen LogP contribution is -2.14. The number of benzene rings is 1. The van der Waals surface area contributed by atoms with Crippen molar-refractivity contribution in [1.29, 1.82) is 0 Å². The molecular formula is C11H14N2O4S. The summed E-state index contributed by atoms with van der Waals surface area (Å²) >= 11 is 0. The van der Waals surface area contributed by atoms with Crippen LogP contribution < -0.4 is 10.0 Å². The Morgan fingerprint density at radius 3 is 2.56 bits per heavy atom. The molecule has 1 amide bonds. The molecule has 18 heavy (non-hydrogen) atoms. The fourth-order valence-corrected chi connectivity index (χ4v) is 2.23. The molecule has 1 atom stereocenters. The third-order valence-corrected chi connectivity index (χ3v) is 3.92. The molecular weight excluding hydrogens is 256 g/mol. The zero-order valence-electron chi connectivity index (χ0n) is 9.84. The van der Waals surface area contributed by atoms with Crippen molar-refractivity contribution in [3.8, 4) is 0 Å². The molecule has 0 aliphatic carbocycles. The highest BCUT2D eigenvalue weighted by Crippen LogP contribution is 2.22. The van der Waals surface area contributed by atoms with E-state index in [0.717, 1.165) is 5.56 Å². The lowest BCUT2D eigenvalue weighted by Gasteiger charge is -2.10. The summed E-state index contributed by atoms with van der Waals surface area (Å²) in [6, 6.07) is 6.76. The number of ether oxygens (including phenoxy) is 1. The first-order chi connectivity index (χ1) is 8.50. The van der Waals surface area contributed by atoms with Crippen molar-refractivity contribution in [3.05, 3.63) is 29.8 Å². The predicted molar refractivity (Wildman–Crippen MR) is 66.8 cm³/mol. The molecule has 1 heterocycles. The maximum atomic E-state index is 11.4. The third-order valence-electron chi connectivity index (χ3n) is 2.62. The smallest absolute Gasteiger partial charge is 0.407 e. The lowest BCUT2D eigenvalue weighted by atomic mass is 10.1. The Bertz CT molecular complexity index is 539. The first kappa shape index (κ1) is 12.7. The van der Waals surface area contributed by atoms with Gasteiger partial charge in [-0.05, 0) is 24.6 Å². The Balaban J connectivity index is 2.08. The second-order valence-electron chi connectivity index (χ2n) is 3.90. The Morgan fingerprint density at radius 2 is 2.06 bits per heavy atom. The standard InChI is InChI=1S/C11H14N2O4S/c1-2-18(15,16)13-9-5-3-8(4-6-9)10-7-12-11(14)17-10/h3-6,10,13H,2,7H2,1H3,(H,12,14). The van der Waals surface area contributed by atoms with Crippen LogP contribution in [-0.2, 0) is 14.8 Å². The summed E-state index contributed by atoms with van der Waals surface area (Å²) in [5.41, 5.74) is 1.32. The average molecular weight is 270 g/mol. The van der Waals surface area contributed by atoms with Crippen LogP contribution in [0, 0.1) is 0 Å². The number of hydrogen-bond donors (Lipinski definition) is 2. The molecule has 0 radical (unpaired) electrons. The molecule has 1 aliphatic heterocycles. The molecule has 0 bridgehead atoms. The van der Waals surface area contributed by atoms with Crippen molar-refractivity contribution in [2.45, 2.75) is 13.0 Å². The van der Waals surface area contributed by atoms with Gasteiger partial charge in [-0.2, -0.15) is 0 Å². The van der Waals surface area contributed by atoms with Gasteiger partial charge in [-0.1, -0.05) is 12.1 Å². The molecule has 7 heteroatoms. The molecule has 98 valence electrons. The Hall–Kier alpha value is -1.76. The predicted octanol–water partition coefficient (Wildman–Crippen LogP) is 1.23. The van der Waals surface area contributed by atoms with Crippen LogP contribution in [0.3, 0.4) is 0 Å². The van der Waals surface area contributed by atoms with Gasteiger partial charge in [0, 0.05) is 5.69 Å². The van der Waals surface area contributed by atoms with Crippen LogP contribution in [0.15, 0.2) is 24.3 Å². The van der Waals surface area contributed by atoms with E-state index in [1.54, 1.807) is 31.2 Å². The second kappa shape index (κ2) is 4.85. The second-order valence-corrected chi connectivity index (χ2v) is 5.91. The quantitative estimate of drug-likeness (QED) is 0.861. The highest BCUT2D eigenvalue weighted by molar-refractivity contribution is 7.92. The van der Waals surface area contributed by atoms with E-state index in [4.69, 9.17) is 4.74 Å². The summed E-state index contributed by atoms with van der Waals surface area (Å²) in [4.78, 5) is 10.9. The fraction of sp³-hybridized carbons (Fsp3) is 0.364. The minimum absolute atomic E-state index is 0.0267. The maximum Gasteiger partial charge on any atom is 0.407 e. The summed E-state index contributed by atoms with van der Waals surface area (Å²) in [7, 11) is -3.26. The van der Waals surface area contributed by atoms with E-state index in [-0.39, 0.29) is 11.9 Å². The number of hydrogen-bond acceptors (Lipinski definition) is 4. The zero-order valence-corrected chi connectivity index (χ0v) is 10.7. The number of amides is 1. The lowest BCUT2D eigenvalue weighted by molar-refractivity contribution is 0.141. The van der Waals surface area contributed by atoms with Gasteiger partial charge >= 0.3 is 6.09 Å². The van der Waals surface area contributed by atoms with Crippen LogP contribution >= 0.6 is 0 Å². The van der Waals surface area contributed by atoms with Gasteiger partial charge in [-0.25, -0.2) is 13.2 Å². The monoisotopic (exact) mass is 270 g/mol. The van der Waals surface area contributed by atoms with E-state index in [9.17, 15) is 13.2 Å². The average Bonchev–Trinajstić information content (AvgIpc) is 2.76. The minimum Gasteiger partial charge on any atom is -0.439 e. The van der Waals surface area contributed by atoms with E-state index in [1.807, 2.05) is 0 Å². The van der Waals surface area contributed by atoms with Crippen molar-refractivity contribution in [1.82, 2.24) is 5.32 Å².